The van der Waals surface area contributed by atoms with Crippen LogP contribution in [0.15, 0.2) is 24.3 Å². The molecule has 0 aromatic heterocycles. The summed E-state index contributed by atoms with van der Waals surface area (Å²) in [7, 11) is 1.66. The van der Waals surface area contributed by atoms with Gasteiger partial charge in [0.1, 0.15) is 5.75 Å². The van der Waals surface area contributed by atoms with Gasteiger partial charge in [-0.1, -0.05) is 12.1 Å². The van der Waals surface area contributed by atoms with Gasteiger partial charge in [-0.3, -0.25) is 4.79 Å². The topological polar surface area (TPSA) is 41.6 Å². The number of hydrogen-bond acceptors (Lipinski definition) is 3. The average molecular weight is 299 g/mol. The van der Waals surface area contributed by atoms with Crippen molar-refractivity contribution >= 4 is 18.3 Å². The first kappa shape index (κ1) is 16.8. The third-order valence-corrected chi connectivity index (χ3v) is 3.61. The van der Waals surface area contributed by atoms with Gasteiger partial charge in [0.15, 0.2) is 0 Å². The molecule has 1 aliphatic rings. The first-order valence-corrected chi connectivity index (χ1v) is 6.84. The molecule has 1 amide bonds. The summed E-state index contributed by atoms with van der Waals surface area (Å²) in [6.45, 7) is 4.72. The summed E-state index contributed by atoms with van der Waals surface area (Å²) < 4.78 is 5.12. The number of hydrogen-bond donors (Lipinski definition) is 1. The molecule has 112 valence electrons. The summed E-state index contributed by atoms with van der Waals surface area (Å²) >= 11 is 0. The van der Waals surface area contributed by atoms with Crippen molar-refractivity contribution in [1.82, 2.24) is 10.2 Å². The lowest BCUT2D eigenvalue weighted by Gasteiger charge is -2.34. The van der Waals surface area contributed by atoms with E-state index < -0.39 is 0 Å². The van der Waals surface area contributed by atoms with Crippen molar-refractivity contribution in [3.63, 3.8) is 0 Å². The van der Waals surface area contributed by atoms with Crippen molar-refractivity contribution in [3.05, 3.63) is 29.8 Å². The molecular weight excluding hydrogens is 276 g/mol. The number of methoxy groups -OCH3 is 1. The number of rotatable bonds is 4. The average Bonchev–Trinajstić information content (AvgIpc) is 2.46. The van der Waals surface area contributed by atoms with Crippen LogP contribution in [0.5, 0.6) is 5.75 Å². The standard InChI is InChI=1S/C15H22N2O2.ClH/c1-12-11-16-9-10-17(12)15(18)8-5-13-3-6-14(19-2)7-4-13;/h3-4,6-7,12,16H,5,8-11H2,1-2H3;1H. The summed E-state index contributed by atoms with van der Waals surface area (Å²) in [6, 6.07) is 8.22. The Balaban J connectivity index is 0.00000200. The quantitative estimate of drug-likeness (QED) is 0.923. The SMILES string of the molecule is COc1ccc(CCC(=O)N2CCNCC2C)cc1.Cl. The minimum absolute atomic E-state index is 0. The second-order valence-electron chi connectivity index (χ2n) is 4.99. The van der Waals surface area contributed by atoms with Gasteiger partial charge in [0, 0.05) is 32.1 Å². The first-order chi connectivity index (χ1) is 9.20. The molecule has 1 heterocycles. The summed E-state index contributed by atoms with van der Waals surface area (Å²) in [5, 5.41) is 3.30. The molecule has 0 bridgehead atoms. The third-order valence-electron chi connectivity index (χ3n) is 3.61. The smallest absolute Gasteiger partial charge is 0.223 e. The second kappa shape index (κ2) is 8.12. The van der Waals surface area contributed by atoms with Crippen LogP contribution in [0.25, 0.3) is 0 Å². The van der Waals surface area contributed by atoms with Crippen LogP contribution in [0.3, 0.4) is 0 Å². The normalized spacial score (nSPS) is 18.3. The molecule has 5 heteroatoms. The fraction of sp³-hybridized carbons (Fsp3) is 0.533. The molecule has 20 heavy (non-hydrogen) atoms. The molecule has 0 saturated carbocycles. The Morgan fingerprint density at radius 3 is 2.70 bits per heavy atom. The predicted molar refractivity (Wildman–Crippen MR) is 82.6 cm³/mol. The molecule has 1 N–H and O–H groups in total. The summed E-state index contributed by atoms with van der Waals surface area (Å²) in [5.74, 6) is 1.11. The molecule has 1 saturated heterocycles. The van der Waals surface area contributed by atoms with E-state index >= 15 is 0 Å². The van der Waals surface area contributed by atoms with E-state index in [0.717, 1.165) is 31.8 Å². The van der Waals surface area contributed by atoms with Crippen molar-refractivity contribution in [2.75, 3.05) is 26.7 Å². The lowest BCUT2D eigenvalue weighted by atomic mass is 10.1. The lowest BCUT2D eigenvalue weighted by Crippen LogP contribution is -2.52. The number of piperazine rings is 1. The minimum atomic E-state index is 0. The van der Waals surface area contributed by atoms with E-state index in [1.807, 2.05) is 29.2 Å². The molecule has 2 rings (SSSR count). The number of carbonyl (C=O) groups is 1. The summed E-state index contributed by atoms with van der Waals surface area (Å²) in [6.07, 6.45) is 1.37. The number of nitrogens with zero attached hydrogens (tertiary/aromatic N) is 1. The maximum absolute atomic E-state index is 12.2. The maximum Gasteiger partial charge on any atom is 0.223 e. The highest BCUT2D eigenvalue weighted by molar-refractivity contribution is 5.85. The number of ether oxygens (including phenoxy) is 1. The monoisotopic (exact) mass is 298 g/mol. The van der Waals surface area contributed by atoms with Crippen molar-refractivity contribution < 1.29 is 9.53 Å². The van der Waals surface area contributed by atoms with Gasteiger partial charge in [0.25, 0.3) is 0 Å². The van der Waals surface area contributed by atoms with E-state index in [9.17, 15) is 4.79 Å². The molecule has 0 aliphatic carbocycles. The van der Waals surface area contributed by atoms with E-state index in [-0.39, 0.29) is 18.3 Å². The van der Waals surface area contributed by atoms with Gasteiger partial charge in [0.2, 0.25) is 5.91 Å². The van der Waals surface area contributed by atoms with Gasteiger partial charge >= 0.3 is 0 Å². The number of benzene rings is 1. The summed E-state index contributed by atoms with van der Waals surface area (Å²) in [4.78, 5) is 14.2. The van der Waals surface area contributed by atoms with Gasteiger partial charge < -0.3 is 15.0 Å². The van der Waals surface area contributed by atoms with Crippen molar-refractivity contribution in [3.8, 4) is 5.75 Å². The van der Waals surface area contributed by atoms with E-state index in [4.69, 9.17) is 4.74 Å². The molecule has 1 aromatic rings. The Bertz CT molecular complexity index is 422. The predicted octanol–water partition coefficient (Wildman–Crippen LogP) is 1.87. The highest BCUT2D eigenvalue weighted by Crippen LogP contribution is 2.14. The molecule has 4 nitrogen and oxygen atoms in total. The third kappa shape index (κ3) is 4.39. The van der Waals surface area contributed by atoms with E-state index in [1.165, 1.54) is 5.56 Å². The molecule has 0 spiro atoms. The zero-order valence-electron chi connectivity index (χ0n) is 12.1. The number of halogens is 1. The number of nitrogens with one attached hydrogen (secondary N) is 1. The Morgan fingerprint density at radius 2 is 2.10 bits per heavy atom. The van der Waals surface area contributed by atoms with E-state index in [0.29, 0.717) is 12.5 Å². The summed E-state index contributed by atoms with van der Waals surface area (Å²) in [5.41, 5.74) is 1.18. The van der Waals surface area contributed by atoms with Crippen LogP contribution in [-0.2, 0) is 11.2 Å². The molecule has 1 atom stereocenters. The van der Waals surface area contributed by atoms with Crippen molar-refractivity contribution in [2.24, 2.45) is 0 Å². The van der Waals surface area contributed by atoms with Gasteiger partial charge in [0.05, 0.1) is 7.11 Å². The molecular formula is C15H23ClN2O2. The Kier molecular flexibility index (Phi) is 6.82. The van der Waals surface area contributed by atoms with Gasteiger partial charge in [-0.2, -0.15) is 0 Å². The number of amides is 1. The minimum Gasteiger partial charge on any atom is -0.497 e. The zero-order chi connectivity index (χ0) is 13.7. The Morgan fingerprint density at radius 1 is 1.40 bits per heavy atom. The molecule has 1 fully saturated rings. The largest absolute Gasteiger partial charge is 0.497 e. The van der Waals surface area contributed by atoms with Crippen LogP contribution < -0.4 is 10.1 Å². The zero-order valence-corrected chi connectivity index (χ0v) is 12.9. The van der Waals surface area contributed by atoms with Crippen molar-refractivity contribution in [1.29, 1.82) is 0 Å². The molecule has 1 unspecified atom stereocenters. The fourth-order valence-electron chi connectivity index (χ4n) is 2.40. The maximum atomic E-state index is 12.2. The Labute approximate surface area is 126 Å². The van der Waals surface area contributed by atoms with Crippen LogP contribution >= 0.6 is 12.4 Å². The Hall–Kier alpha value is -1.26. The van der Waals surface area contributed by atoms with Crippen LogP contribution in [0.1, 0.15) is 18.9 Å². The number of aryl methyl sites for hydroxylation is 1. The number of carbonyl (C=O) groups excluding carboxylic acids is 1. The van der Waals surface area contributed by atoms with Crippen LogP contribution in [0, 0.1) is 0 Å². The van der Waals surface area contributed by atoms with Gasteiger partial charge in [-0.05, 0) is 31.0 Å². The highest BCUT2D eigenvalue weighted by atomic mass is 35.5. The van der Waals surface area contributed by atoms with E-state index in [2.05, 4.69) is 12.2 Å². The van der Waals surface area contributed by atoms with Crippen LogP contribution in [-0.4, -0.2) is 43.6 Å². The second-order valence-corrected chi connectivity index (χ2v) is 4.99. The van der Waals surface area contributed by atoms with Gasteiger partial charge in [-0.15, -0.1) is 12.4 Å². The van der Waals surface area contributed by atoms with Crippen LogP contribution in [0.4, 0.5) is 0 Å². The van der Waals surface area contributed by atoms with Crippen LogP contribution in [0.2, 0.25) is 0 Å². The van der Waals surface area contributed by atoms with E-state index in [1.54, 1.807) is 7.11 Å². The van der Waals surface area contributed by atoms with Gasteiger partial charge in [-0.25, -0.2) is 0 Å². The molecule has 1 aromatic carbocycles. The first-order valence-electron chi connectivity index (χ1n) is 6.84. The highest BCUT2D eigenvalue weighted by Gasteiger charge is 2.22. The lowest BCUT2D eigenvalue weighted by molar-refractivity contribution is -0.133. The molecule has 0 radical (unpaired) electrons. The van der Waals surface area contributed by atoms with Crippen molar-refractivity contribution in [2.45, 2.75) is 25.8 Å². The fourth-order valence-corrected chi connectivity index (χ4v) is 2.40. The molecule has 1 aliphatic heterocycles.